The van der Waals surface area contributed by atoms with Crippen molar-refractivity contribution < 1.29 is 31.6 Å². The van der Waals surface area contributed by atoms with E-state index in [4.69, 9.17) is 20.9 Å². The van der Waals surface area contributed by atoms with Crippen LogP contribution in [0.2, 0.25) is 5.02 Å². The van der Waals surface area contributed by atoms with Crippen molar-refractivity contribution in [3.05, 3.63) is 76.8 Å². The number of hydrogen-bond acceptors (Lipinski definition) is 5. The summed E-state index contributed by atoms with van der Waals surface area (Å²) in [6.07, 6.45) is -4.03. The molecule has 0 spiro atoms. The summed E-state index contributed by atoms with van der Waals surface area (Å²) in [6, 6.07) is 10.9. The number of hydrogen-bond donors (Lipinski definition) is 0. The minimum Gasteiger partial charge on any atom is -0.465 e. The highest BCUT2D eigenvalue weighted by Gasteiger charge is 2.42. The van der Waals surface area contributed by atoms with Crippen LogP contribution in [0.3, 0.4) is 0 Å². The van der Waals surface area contributed by atoms with E-state index in [2.05, 4.69) is 10.3 Å². The highest BCUT2D eigenvalue weighted by molar-refractivity contribution is 6.30. The molecule has 2 aromatic carbocycles. The molecule has 0 bridgehead atoms. The Labute approximate surface area is 183 Å². The lowest BCUT2D eigenvalue weighted by atomic mass is 10.0. The third-order valence-electron chi connectivity index (χ3n) is 4.55. The van der Waals surface area contributed by atoms with Gasteiger partial charge in [0.25, 0.3) is 0 Å². The SMILES string of the molecule is COC(=O)c1c(-c2ccccc2F)noc1-c1cnn(-c2cccc(Cl)c2)c1C(F)(F)F. The predicted molar refractivity (Wildman–Crippen MR) is 106 cm³/mol. The Bertz CT molecular complexity index is 1310. The minimum atomic E-state index is -4.91. The molecule has 0 aliphatic rings. The molecule has 0 N–H and O–H groups in total. The summed E-state index contributed by atoms with van der Waals surface area (Å²) in [5, 5.41) is 7.69. The van der Waals surface area contributed by atoms with Crippen molar-refractivity contribution in [3.63, 3.8) is 0 Å². The molecule has 0 unspecified atom stereocenters. The van der Waals surface area contributed by atoms with E-state index in [1.54, 1.807) is 0 Å². The maximum Gasteiger partial charge on any atom is 0.434 e. The molecule has 4 rings (SSSR count). The summed E-state index contributed by atoms with van der Waals surface area (Å²) < 4.78 is 67.0. The number of carbonyl (C=O) groups excluding carboxylic acids is 1. The topological polar surface area (TPSA) is 70.2 Å². The average Bonchev–Trinajstić information content (AvgIpc) is 3.38. The summed E-state index contributed by atoms with van der Waals surface area (Å²) in [6.45, 7) is 0. The van der Waals surface area contributed by atoms with Gasteiger partial charge in [-0.05, 0) is 30.3 Å². The van der Waals surface area contributed by atoms with Crippen LogP contribution in [-0.4, -0.2) is 28.0 Å². The van der Waals surface area contributed by atoms with Crippen LogP contribution in [0.1, 0.15) is 16.1 Å². The number of carbonyl (C=O) groups is 1. The zero-order valence-corrected chi connectivity index (χ0v) is 16.9. The molecule has 6 nitrogen and oxygen atoms in total. The second kappa shape index (κ2) is 8.12. The van der Waals surface area contributed by atoms with Gasteiger partial charge in [0, 0.05) is 10.6 Å². The number of alkyl halides is 3. The molecule has 0 aliphatic carbocycles. The van der Waals surface area contributed by atoms with E-state index in [1.165, 1.54) is 42.5 Å². The Morgan fingerprint density at radius 3 is 2.53 bits per heavy atom. The van der Waals surface area contributed by atoms with E-state index in [1.807, 2.05) is 0 Å². The van der Waals surface area contributed by atoms with Gasteiger partial charge in [-0.1, -0.05) is 35.0 Å². The second-order valence-electron chi connectivity index (χ2n) is 6.50. The third kappa shape index (κ3) is 3.73. The molecule has 0 aliphatic heterocycles. The van der Waals surface area contributed by atoms with Gasteiger partial charge in [0.15, 0.2) is 11.5 Å². The minimum absolute atomic E-state index is 0.0320. The smallest absolute Gasteiger partial charge is 0.434 e. The molecule has 32 heavy (non-hydrogen) atoms. The molecule has 164 valence electrons. The van der Waals surface area contributed by atoms with Crippen molar-refractivity contribution in [1.82, 2.24) is 14.9 Å². The summed E-state index contributed by atoms with van der Waals surface area (Å²) in [5.74, 6) is -2.36. The highest BCUT2D eigenvalue weighted by Crippen LogP contribution is 2.42. The molecular weight excluding hydrogens is 454 g/mol. The molecule has 0 saturated heterocycles. The first-order valence-corrected chi connectivity index (χ1v) is 9.34. The number of halogens is 5. The Hall–Kier alpha value is -3.66. The Balaban J connectivity index is 1.99. The molecule has 0 radical (unpaired) electrons. The van der Waals surface area contributed by atoms with Crippen LogP contribution in [-0.2, 0) is 10.9 Å². The second-order valence-corrected chi connectivity index (χ2v) is 6.94. The summed E-state index contributed by atoms with van der Waals surface area (Å²) in [5.41, 5.74) is -2.68. The zero-order valence-electron chi connectivity index (χ0n) is 16.2. The number of nitrogens with zero attached hydrogens (tertiary/aromatic N) is 3. The zero-order chi connectivity index (χ0) is 23.0. The van der Waals surface area contributed by atoms with Crippen LogP contribution in [0, 0.1) is 5.82 Å². The van der Waals surface area contributed by atoms with Crippen LogP contribution in [0.5, 0.6) is 0 Å². The van der Waals surface area contributed by atoms with Crippen molar-refractivity contribution in [3.8, 4) is 28.3 Å². The maximum absolute atomic E-state index is 14.3. The summed E-state index contributed by atoms with van der Waals surface area (Å²) in [7, 11) is 1.03. The fourth-order valence-corrected chi connectivity index (χ4v) is 3.38. The van der Waals surface area contributed by atoms with E-state index in [0.717, 1.165) is 19.4 Å². The Kier molecular flexibility index (Phi) is 5.47. The monoisotopic (exact) mass is 465 g/mol. The molecule has 0 saturated carbocycles. The first kappa shape index (κ1) is 21.6. The molecule has 0 amide bonds. The Morgan fingerprint density at radius 1 is 1.12 bits per heavy atom. The van der Waals surface area contributed by atoms with Gasteiger partial charge in [-0.25, -0.2) is 13.9 Å². The van der Waals surface area contributed by atoms with Crippen LogP contribution >= 0.6 is 11.6 Å². The van der Waals surface area contributed by atoms with E-state index >= 15 is 0 Å². The molecule has 4 aromatic rings. The Morgan fingerprint density at radius 2 is 1.88 bits per heavy atom. The molecule has 0 atom stereocenters. The van der Waals surface area contributed by atoms with Gasteiger partial charge >= 0.3 is 12.1 Å². The quantitative estimate of drug-likeness (QED) is 0.282. The first-order valence-electron chi connectivity index (χ1n) is 8.96. The molecule has 0 fully saturated rings. The van der Waals surface area contributed by atoms with E-state index in [-0.39, 0.29) is 22.0 Å². The van der Waals surface area contributed by atoms with Crippen LogP contribution in [0.4, 0.5) is 17.6 Å². The third-order valence-corrected chi connectivity index (χ3v) is 4.78. The average molecular weight is 466 g/mol. The van der Waals surface area contributed by atoms with Gasteiger partial charge in [-0.2, -0.15) is 18.3 Å². The number of esters is 1. The molecular formula is C21H12ClF4N3O3. The molecule has 11 heteroatoms. The van der Waals surface area contributed by atoms with Crippen molar-refractivity contribution in [1.29, 1.82) is 0 Å². The lowest BCUT2D eigenvalue weighted by Gasteiger charge is -2.12. The van der Waals surface area contributed by atoms with E-state index < -0.39 is 40.5 Å². The number of methoxy groups -OCH3 is 1. The lowest BCUT2D eigenvalue weighted by molar-refractivity contribution is -0.142. The number of benzene rings is 2. The van der Waals surface area contributed by atoms with Crippen molar-refractivity contribution >= 4 is 17.6 Å². The molecule has 2 aromatic heterocycles. The van der Waals surface area contributed by atoms with Gasteiger partial charge in [-0.3, -0.25) is 0 Å². The van der Waals surface area contributed by atoms with Crippen molar-refractivity contribution in [2.45, 2.75) is 6.18 Å². The summed E-state index contributed by atoms with van der Waals surface area (Å²) >= 11 is 5.91. The maximum atomic E-state index is 14.3. The van der Waals surface area contributed by atoms with Crippen LogP contribution < -0.4 is 0 Å². The van der Waals surface area contributed by atoms with Gasteiger partial charge in [0.1, 0.15) is 17.1 Å². The largest absolute Gasteiger partial charge is 0.465 e. The van der Waals surface area contributed by atoms with Crippen LogP contribution in [0.15, 0.2) is 59.3 Å². The molecule has 2 heterocycles. The number of aromatic nitrogens is 3. The highest BCUT2D eigenvalue weighted by atomic mass is 35.5. The van der Waals surface area contributed by atoms with Gasteiger partial charge in [-0.15, -0.1) is 0 Å². The van der Waals surface area contributed by atoms with Gasteiger partial charge in [0.05, 0.1) is 24.6 Å². The first-order chi connectivity index (χ1) is 15.2. The van der Waals surface area contributed by atoms with Crippen molar-refractivity contribution in [2.75, 3.05) is 7.11 Å². The predicted octanol–water partition coefficient (Wildman–Crippen LogP) is 5.79. The summed E-state index contributed by atoms with van der Waals surface area (Å²) in [4.78, 5) is 12.5. The lowest BCUT2D eigenvalue weighted by Crippen LogP contribution is -2.15. The van der Waals surface area contributed by atoms with Crippen molar-refractivity contribution in [2.24, 2.45) is 0 Å². The van der Waals surface area contributed by atoms with Gasteiger partial charge < -0.3 is 9.26 Å². The normalized spacial score (nSPS) is 11.6. The van der Waals surface area contributed by atoms with Gasteiger partial charge in [0.2, 0.25) is 0 Å². The van der Waals surface area contributed by atoms with E-state index in [9.17, 15) is 22.4 Å². The van der Waals surface area contributed by atoms with Crippen LogP contribution in [0.25, 0.3) is 28.3 Å². The standard InChI is InChI=1S/C21H12ClF4N3O3/c1-31-20(30)16-17(13-7-2-3-8-15(13)23)28-32-18(16)14-10-27-29(19(14)21(24,25)26)12-6-4-5-11(22)9-12/h2-10H,1H3. The fraction of sp³-hybridized carbons (Fsp3) is 0.0952. The number of ether oxygens (including phenoxy) is 1. The fourth-order valence-electron chi connectivity index (χ4n) is 3.19. The van der Waals surface area contributed by atoms with E-state index in [0.29, 0.717) is 4.68 Å². The number of rotatable bonds is 4.